The van der Waals surface area contributed by atoms with Crippen LogP contribution >= 0.6 is 0 Å². The van der Waals surface area contributed by atoms with Gasteiger partial charge in [-0.3, -0.25) is 9.59 Å². The lowest BCUT2D eigenvalue weighted by molar-refractivity contribution is -0.145. The zero-order valence-electron chi connectivity index (χ0n) is 11.7. The number of carboxylic acid groups (broad SMARTS) is 1. The number of carboxylic acids is 1. The van der Waals surface area contributed by atoms with E-state index in [0.29, 0.717) is 11.4 Å². The quantitative estimate of drug-likeness (QED) is 0.840. The molecule has 2 unspecified atom stereocenters. The van der Waals surface area contributed by atoms with Gasteiger partial charge in [0.15, 0.2) is 0 Å². The highest BCUT2D eigenvalue weighted by atomic mass is 16.5. The van der Waals surface area contributed by atoms with E-state index in [-0.39, 0.29) is 18.4 Å². The Hall–Kier alpha value is -2.57. The van der Waals surface area contributed by atoms with E-state index in [1.807, 2.05) is 0 Å². The molecule has 1 aliphatic rings. The van der Waals surface area contributed by atoms with Crippen LogP contribution in [-0.4, -0.2) is 41.6 Å². The van der Waals surface area contributed by atoms with Crippen molar-refractivity contribution in [1.29, 1.82) is 0 Å². The van der Waals surface area contributed by atoms with Crippen LogP contribution in [0.1, 0.15) is 13.8 Å². The monoisotopic (exact) mass is 292 g/mol. The van der Waals surface area contributed by atoms with Crippen molar-refractivity contribution in [3.63, 3.8) is 0 Å². The van der Waals surface area contributed by atoms with Crippen LogP contribution in [0.25, 0.3) is 0 Å². The van der Waals surface area contributed by atoms with E-state index >= 15 is 0 Å². The van der Waals surface area contributed by atoms with Crippen molar-refractivity contribution in [2.24, 2.45) is 0 Å². The fraction of sp³-hybridized carbons (Fsp3) is 0.357. The van der Waals surface area contributed by atoms with E-state index in [1.165, 1.54) is 11.8 Å². The maximum absolute atomic E-state index is 12.4. The summed E-state index contributed by atoms with van der Waals surface area (Å²) in [4.78, 5) is 36.0. The number of amides is 2. The third-order valence-corrected chi connectivity index (χ3v) is 3.11. The van der Waals surface area contributed by atoms with Crippen LogP contribution in [0.15, 0.2) is 24.3 Å². The van der Waals surface area contributed by atoms with Gasteiger partial charge in [-0.1, -0.05) is 12.1 Å². The highest BCUT2D eigenvalue weighted by Crippen LogP contribution is 2.33. The summed E-state index contributed by atoms with van der Waals surface area (Å²) < 4.78 is 5.35. The molecule has 0 aromatic heterocycles. The Balaban J connectivity index is 2.30. The molecule has 7 nitrogen and oxygen atoms in total. The summed E-state index contributed by atoms with van der Waals surface area (Å²) >= 11 is 0. The Morgan fingerprint density at radius 3 is 2.67 bits per heavy atom. The molecule has 0 fully saturated rings. The predicted molar refractivity (Wildman–Crippen MR) is 74.1 cm³/mol. The summed E-state index contributed by atoms with van der Waals surface area (Å²) in [5.41, 5.74) is 0.497. The number of anilines is 1. The molecule has 112 valence electrons. The van der Waals surface area contributed by atoms with E-state index in [1.54, 1.807) is 31.2 Å². The van der Waals surface area contributed by atoms with Crippen LogP contribution in [0.5, 0.6) is 5.75 Å². The van der Waals surface area contributed by atoms with E-state index in [4.69, 9.17) is 9.84 Å². The molecule has 0 aliphatic carbocycles. The molecule has 1 heterocycles. The van der Waals surface area contributed by atoms with Gasteiger partial charge >= 0.3 is 5.97 Å². The number of nitrogens with one attached hydrogen (secondary N) is 1. The molecular formula is C14H16N2O5. The molecule has 0 saturated heterocycles. The molecule has 0 radical (unpaired) electrons. The SMILES string of the molecule is CC(=O)NC(C)C(=O)N1CC(C(=O)O)Oc2ccccc21. The number of para-hydroxylation sites is 2. The molecule has 0 saturated carbocycles. The molecule has 7 heteroatoms. The molecule has 2 atom stereocenters. The average Bonchev–Trinajstić information content (AvgIpc) is 2.44. The number of nitrogens with zero attached hydrogens (tertiary/aromatic N) is 1. The number of benzene rings is 1. The Morgan fingerprint density at radius 2 is 2.05 bits per heavy atom. The molecule has 2 rings (SSSR count). The van der Waals surface area contributed by atoms with Crippen LogP contribution in [0.4, 0.5) is 5.69 Å². The lowest BCUT2D eigenvalue weighted by Crippen LogP contribution is -2.53. The predicted octanol–water partition coefficient (Wildman–Crippen LogP) is 0.390. The average molecular weight is 292 g/mol. The minimum Gasteiger partial charge on any atom is -0.478 e. The second-order valence-electron chi connectivity index (χ2n) is 4.78. The fourth-order valence-corrected chi connectivity index (χ4v) is 2.17. The third-order valence-electron chi connectivity index (χ3n) is 3.11. The minimum absolute atomic E-state index is 0.102. The highest BCUT2D eigenvalue weighted by molar-refractivity contribution is 6.01. The Kier molecular flexibility index (Phi) is 4.11. The van der Waals surface area contributed by atoms with E-state index in [9.17, 15) is 14.4 Å². The maximum atomic E-state index is 12.4. The first-order valence-electron chi connectivity index (χ1n) is 6.47. The topological polar surface area (TPSA) is 95.9 Å². The molecule has 1 aliphatic heterocycles. The van der Waals surface area contributed by atoms with E-state index < -0.39 is 18.1 Å². The fourth-order valence-electron chi connectivity index (χ4n) is 2.17. The first-order chi connectivity index (χ1) is 9.90. The number of hydrogen-bond donors (Lipinski definition) is 2. The van der Waals surface area contributed by atoms with Crippen LogP contribution in [0.2, 0.25) is 0 Å². The molecule has 21 heavy (non-hydrogen) atoms. The minimum atomic E-state index is -1.14. The molecule has 2 N–H and O–H groups in total. The van der Waals surface area contributed by atoms with Crippen LogP contribution in [0.3, 0.4) is 0 Å². The number of rotatable bonds is 3. The van der Waals surface area contributed by atoms with Crippen molar-refractivity contribution in [1.82, 2.24) is 5.32 Å². The Morgan fingerprint density at radius 1 is 1.38 bits per heavy atom. The number of fused-ring (bicyclic) bond motifs is 1. The van der Waals surface area contributed by atoms with Crippen molar-refractivity contribution in [3.8, 4) is 5.75 Å². The second kappa shape index (κ2) is 5.82. The van der Waals surface area contributed by atoms with Crippen LogP contribution in [-0.2, 0) is 14.4 Å². The smallest absolute Gasteiger partial charge is 0.346 e. The standard InChI is InChI=1S/C14H16N2O5/c1-8(15-9(2)17)13(18)16-7-12(14(19)20)21-11-6-4-3-5-10(11)16/h3-6,8,12H,7H2,1-2H3,(H,15,17)(H,19,20). The van der Waals surface area contributed by atoms with Crippen molar-refractivity contribution in [2.45, 2.75) is 26.0 Å². The van der Waals surface area contributed by atoms with Crippen molar-refractivity contribution in [2.75, 3.05) is 11.4 Å². The summed E-state index contributed by atoms with van der Waals surface area (Å²) in [6, 6.07) is 5.96. The summed E-state index contributed by atoms with van der Waals surface area (Å²) in [5, 5.41) is 11.6. The molecule has 0 spiro atoms. The van der Waals surface area contributed by atoms with Gasteiger partial charge in [0.2, 0.25) is 17.9 Å². The first kappa shape index (κ1) is 14.8. The van der Waals surface area contributed by atoms with Crippen LogP contribution in [0, 0.1) is 0 Å². The third kappa shape index (κ3) is 3.13. The number of carbonyl (C=O) groups excluding carboxylic acids is 2. The molecular weight excluding hydrogens is 276 g/mol. The van der Waals surface area contributed by atoms with Crippen LogP contribution < -0.4 is 15.0 Å². The Labute approximate surface area is 121 Å². The van der Waals surface area contributed by atoms with Crippen molar-refractivity contribution >= 4 is 23.5 Å². The Bertz CT molecular complexity index is 586. The lowest BCUT2D eigenvalue weighted by atomic mass is 10.1. The largest absolute Gasteiger partial charge is 0.478 e. The van der Waals surface area contributed by atoms with Crippen molar-refractivity contribution in [3.05, 3.63) is 24.3 Å². The van der Waals surface area contributed by atoms with Gasteiger partial charge in [-0.25, -0.2) is 4.79 Å². The normalized spacial score (nSPS) is 18.2. The highest BCUT2D eigenvalue weighted by Gasteiger charge is 2.35. The lowest BCUT2D eigenvalue weighted by Gasteiger charge is -2.34. The summed E-state index contributed by atoms with van der Waals surface area (Å²) in [6.45, 7) is 2.77. The van der Waals surface area contributed by atoms with Gasteiger partial charge < -0.3 is 20.1 Å². The van der Waals surface area contributed by atoms with Gasteiger partial charge in [-0.15, -0.1) is 0 Å². The van der Waals surface area contributed by atoms with Gasteiger partial charge in [0, 0.05) is 6.92 Å². The molecule has 0 bridgehead atoms. The van der Waals surface area contributed by atoms with Gasteiger partial charge in [-0.05, 0) is 19.1 Å². The van der Waals surface area contributed by atoms with E-state index in [0.717, 1.165) is 0 Å². The first-order valence-corrected chi connectivity index (χ1v) is 6.47. The zero-order chi connectivity index (χ0) is 15.6. The van der Waals surface area contributed by atoms with E-state index in [2.05, 4.69) is 5.32 Å². The van der Waals surface area contributed by atoms with Crippen molar-refractivity contribution < 1.29 is 24.2 Å². The number of hydrogen-bond acceptors (Lipinski definition) is 4. The molecule has 1 aromatic carbocycles. The zero-order valence-corrected chi connectivity index (χ0v) is 11.7. The second-order valence-corrected chi connectivity index (χ2v) is 4.78. The van der Waals surface area contributed by atoms with Gasteiger partial charge in [0.25, 0.3) is 0 Å². The van der Waals surface area contributed by atoms with Gasteiger partial charge in [-0.2, -0.15) is 0 Å². The van der Waals surface area contributed by atoms with Gasteiger partial charge in [0.05, 0.1) is 12.2 Å². The van der Waals surface area contributed by atoms with Gasteiger partial charge in [0.1, 0.15) is 11.8 Å². The summed E-state index contributed by atoms with van der Waals surface area (Å²) in [7, 11) is 0. The molecule has 1 aromatic rings. The maximum Gasteiger partial charge on any atom is 0.346 e. The number of ether oxygens (including phenoxy) is 1. The summed E-state index contributed by atoms with van der Waals surface area (Å²) in [6.07, 6.45) is -1.13. The number of aliphatic carboxylic acids is 1. The number of carbonyl (C=O) groups is 3. The molecule has 2 amide bonds. The summed E-state index contributed by atoms with van der Waals surface area (Å²) in [5.74, 6) is -1.52.